The number of nitrogens with zero attached hydrogens (tertiary/aromatic N) is 2. The Balaban J connectivity index is 2.21. The van der Waals surface area contributed by atoms with Crippen molar-refractivity contribution < 1.29 is 23.5 Å². The molecule has 1 unspecified atom stereocenters. The molecule has 1 fully saturated rings. The van der Waals surface area contributed by atoms with Crippen molar-refractivity contribution in [3.05, 3.63) is 30.1 Å². The SMILES string of the molecule is CN(C)C(=S)OCC(=O)N(c1cccc(F)c1)C1CCOC1=O. The minimum absolute atomic E-state index is 0.145. The Morgan fingerprint density at radius 1 is 1.48 bits per heavy atom. The van der Waals surface area contributed by atoms with Gasteiger partial charge in [0.2, 0.25) is 0 Å². The number of hydrogen-bond acceptors (Lipinski definition) is 5. The van der Waals surface area contributed by atoms with Gasteiger partial charge in [0.05, 0.1) is 6.61 Å². The Kier molecular flexibility index (Phi) is 5.49. The van der Waals surface area contributed by atoms with Gasteiger partial charge in [0.1, 0.15) is 11.9 Å². The number of benzene rings is 1. The van der Waals surface area contributed by atoms with E-state index >= 15 is 0 Å². The van der Waals surface area contributed by atoms with Gasteiger partial charge in [-0.1, -0.05) is 6.07 Å². The van der Waals surface area contributed by atoms with E-state index in [-0.39, 0.29) is 24.1 Å². The van der Waals surface area contributed by atoms with Gasteiger partial charge in [-0.2, -0.15) is 0 Å². The van der Waals surface area contributed by atoms with Crippen molar-refractivity contribution in [3.8, 4) is 0 Å². The highest BCUT2D eigenvalue weighted by molar-refractivity contribution is 7.80. The second kappa shape index (κ2) is 7.36. The zero-order valence-corrected chi connectivity index (χ0v) is 13.6. The predicted octanol–water partition coefficient (Wildman–Crippen LogP) is 1.34. The molecule has 0 aromatic heterocycles. The van der Waals surface area contributed by atoms with E-state index in [1.165, 1.54) is 23.1 Å². The summed E-state index contributed by atoms with van der Waals surface area (Å²) in [5.74, 6) is -1.52. The molecule has 1 heterocycles. The van der Waals surface area contributed by atoms with Crippen molar-refractivity contribution in [1.82, 2.24) is 4.90 Å². The molecule has 0 bridgehead atoms. The number of hydrogen-bond donors (Lipinski definition) is 0. The van der Waals surface area contributed by atoms with Gasteiger partial charge in [0.15, 0.2) is 6.61 Å². The first kappa shape index (κ1) is 17.1. The Bertz CT molecular complexity index is 623. The van der Waals surface area contributed by atoms with Crippen LogP contribution < -0.4 is 4.90 Å². The second-order valence-corrected chi connectivity index (χ2v) is 5.51. The van der Waals surface area contributed by atoms with Crippen LogP contribution in [-0.2, 0) is 19.1 Å². The van der Waals surface area contributed by atoms with Crippen LogP contribution in [0.3, 0.4) is 0 Å². The lowest BCUT2D eigenvalue weighted by Crippen LogP contribution is -2.45. The van der Waals surface area contributed by atoms with Gasteiger partial charge in [-0.25, -0.2) is 9.18 Å². The Morgan fingerprint density at radius 3 is 2.78 bits per heavy atom. The van der Waals surface area contributed by atoms with E-state index in [0.717, 1.165) is 0 Å². The van der Waals surface area contributed by atoms with E-state index in [1.807, 2.05) is 0 Å². The minimum Gasteiger partial charge on any atom is -0.464 e. The van der Waals surface area contributed by atoms with Gasteiger partial charge in [0.25, 0.3) is 11.1 Å². The zero-order chi connectivity index (χ0) is 17.0. The monoisotopic (exact) mass is 340 g/mol. The molecule has 0 radical (unpaired) electrons. The van der Waals surface area contributed by atoms with E-state index in [9.17, 15) is 14.0 Å². The third-order valence-corrected chi connectivity index (χ3v) is 3.74. The molecule has 1 aliphatic heterocycles. The highest BCUT2D eigenvalue weighted by atomic mass is 32.1. The average molecular weight is 340 g/mol. The van der Waals surface area contributed by atoms with Crippen LogP contribution in [0.4, 0.5) is 10.1 Å². The van der Waals surface area contributed by atoms with Crippen molar-refractivity contribution in [3.63, 3.8) is 0 Å². The normalized spacial score (nSPS) is 16.7. The fourth-order valence-electron chi connectivity index (χ4n) is 2.17. The molecule has 0 spiro atoms. The molecule has 1 aromatic rings. The van der Waals surface area contributed by atoms with Crippen LogP contribution in [0.1, 0.15) is 6.42 Å². The lowest BCUT2D eigenvalue weighted by Gasteiger charge is -2.27. The van der Waals surface area contributed by atoms with Crippen LogP contribution >= 0.6 is 12.2 Å². The Hall–Kier alpha value is -2.22. The lowest BCUT2D eigenvalue weighted by atomic mass is 10.1. The van der Waals surface area contributed by atoms with E-state index in [1.54, 1.807) is 25.1 Å². The summed E-state index contributed by atoms with van der Waals surface area (Å²) < 4.78 is 23.6. The third-order valence-electron chi connectivity index (χ3n) is 3.26. The van der Waals surface area contributed by atoms with Crippen molar-refractivity contribution in [1.29, 1.82) is 0 Å². The van der Waals surface area contributed by atoms with Crippen LogP contribution in [0.15, 0.2) is 24.3 Å². The molecule has 6 nitrogen and oxygen atoms in total. The Morgan fingerprint density at radius 2 is 2.22 bits per heavy atom. The van der Waals surface area contributed by atoms with E-state index in [4.69, 9.17) is 21.7 Å². The molecule has 8 heteroatoms. The van der Waals surface area contributed by atoms with Crippen molar-refractivity contribution in [2.75, 3.05) is 32.2 Å². The molecule has 124 valence electrons. The van der Waals surface area contributed by atoms with Gasteiger partial charge in [0, 0.05) is 26.2 Å². The number of ether oxygens (including phenoxy) is 2. The standard InChI is InChI=1S/C15H17FN2O4S/c1-17(2)15(23)22-9-13(19)18(12-6-7-21-14(12)20)11-5-3-4-10(16)8-11/h3-5,8,12H,6-7,9H2,1-2H3. The smallest absolute Gasteiger partial charge is 0.329 e. The van der Waals surface area contributed by atoms with Gasteiger partial charge in [-0.05, 0) is 30.4 Å². The summed E-state index contributed by atoms with van der Waals surface area (Å²) in [5, 5.41) is 0.145. The molecule has 23 heavy (non-hydrogen) atoms. The fraction of sp³-hybridized carbons (Fsp3) is 0.400. The molecule has 1 aliphatic rings. The molecule has 1 amide bonds. The number of rotatable bonds is 4. The summed E-state index contributed by atoms with van der Waals surface area (Å²) in [6.07, 6.45) is 0.346. The van der Waals surface area contributed by atoms with Gasteiger partial charge in [-0.3, -0.25) is 9.69 Å². The van der Waals surface area contributed by atoms with Crippen molar-refractivity contribution in [2.45, 2.75) is 12.5 Å². The minimum atomic E-state index is -0.791. The van der Waals surface area contributed by atoms with E-state index in [0.29, 0.717) is 6.42 Å². The maximum atomic E-state index is 13.5. The first-order valence-corrected chi connectivity index (χ1v) is 7.39. The summed E-state index contributed by atoms with van der Waals surface area (Å²) >= 11 is 4.96. The summed E-state index contributed by atoms with van der Waals surface area (Å²) in [5.41, 5.74) is 0.276. The first-order valence-electron chi connectivity index (χ1n) is 6.98. The largest absolute Gasteiger partial charge is 0.464 e. The molecule has 2 rings (SSSR count). The van der Waals surface area contributed by atoms with Crippen LogP contribution in [0.2, 0.25) is 0 Å². The number of carbonyl (C=O) groups excluding carboxylic acids is 2. The fourth-order valence-corrected chi connectivity index (χ4v) is 2.22. The van der Waals surface area contributed by atoms with Crippen molar-refractivity contribution in [2.24, 2.45) is 0 Å². The lowest BCUT2D eigenvalue weighted by molar-refractivity contribution is -0.140. The van der Waals surface area contributed by atoms with Crippen LogP contribution in [0.5, 0.6) is 0 Å². The molecular weight excluding hydrogens is 323 g/mol. The van der Waals surface area contributed by atoms with Gasteiger partial charge in [-0.15, -0.1) is 0 Å². The second-order valence-electron chi connectivity index (χ2n) is 5.16. The number of carbonyl (C=O) groups is 2. The van der Waals surface area contributed by atoms with E-state index in [2.05, 4.69) is 0 Å². The van der Waals surface area contributed by atoms with Crippen LogP contribution in [-0.4, -0.2) is 55.3 Å². The molecule has 0 aliphatic carbocycles. The molecular formula is C15H17FN2O4S. The third kappa shape index (κ3) is 4.16. The topological polar surface area (TPSA) is 59.1 Å². The van der Waals surface area contributed by atoms with Crippen LogP contribution in [0, 0.1) is 5.82 Å². The number of halogens is 1. The number of esters is 1. The molecule has 1 saturated heterocycles. The van der Waals surface area contributed by atoms with Gasteiger partial charge >= 0.3 is 5.97 Å². The maximum absolute atomic E-state index is 13.5. The van der Waals surface area contributed by atoms with Crippen molar-refractivity contribution >= 4 is 35.0 Å². The molecule has 0 saturated carbocycles. The summed E-state index contributed by atoms with van der Waals surface area (Å²) in [7, 11) is 3.37. The van der Waals surface area contributed by atoms with Gasteiger partial charge < -0.3 is 14.4 Å². The summed E-state index contributed by atoms with van der Waals surface area (Å²) in [6, 6.07) is 4.68. The average Bonchev–Trinajstić information content (AvgIpc) is 2.91. The van der Waals surface area contributed by atoms with Crippen LogP contribution in [0.25, 0.3) is 0 Å². The summed E-state index contributed by atoms with van der Waals surface area (Å²) in [6.45, 7) is -0.128. The van der Waals surface area contributed by atoms with E-state index < -0.39 is 23.7 Å². The maximum Gasteiger partial charge on any atom is 0.329 e. The first-order chi connectivity index (χ1) is 10.9. The molecule has 0 N–H and O–H groups in total. The highest BCUT2D eigenvalue weighted by Gasteiger charge is 2.36. The number of thiocarbonyl (C=S) groups is 1. The number of amides is 1. The quantitative estimate of drug-likeness (QED) is 0.609. The highest BCUT2D eigenvalue weighted by Crippen LogP contribution is 2.24. The summed E-state index contributed by atoms with van der Waals surface area (Å²) in [4.78, 5) is 27.1. The number of cyclic esters (lactones) is 1. The molecule has 1 atom stereocenters. The predicted molar refractivity (Wildman–Crippen MR) is 85.5 cm³/mol. The Labute approximate surface area is 138 Å². The zero-order valence-electron chi connectivity index (χ0n) is 12.8. The number of anilines is 1. The molecule has 1 aromatic carbocycles.